The van der Waals surface area contributed by atoms with E-state index < -0.39 is 0 Å². The third-order valence-corrected chi connectivity index (χ3v) is 5.90. The zero-order chi connectivity index (χ0) is 21.7. The minimum absolute atomic E-state index is 0. The lowest BCUT2D eigenvalue weighted by atomic mass is 10.3. The predicted octanol–water partition coefficient (Wildman–Crippen LogP) is 4.88. The van der Waals surface area contributed by atoms with Crippen molar-refractivity contribution < 1.29 is 18.7 Å². The first-order chi connectivity index (χ1) is 14.4. The van der Waals surface area contributed by atoms with Crippen LogP contribution in [0.4, 0.5) is 9.52 Å². The molecule has 3 rings (SSSR count). The molecule has 10 heteroatoms. The van der Waals surface area contributed by atoms with Gasteiger partial charge >= 0.3 is 0 Å². The molecule has 1 aromatic heterocycles. The van der Waals surface area contributed by atoms with Crippen molar-refractivity contribution in [2.45, 2.75) is 6.42 Å². The van der Waals surface area contributed by atoms with Crippen molar-refractivity contribution in [1.82, 2.24) is 9.88 Å². The molecule has 168 valence electrons. The number of aromatic nitrogens is 1. The Labute approximate surface area is 195 Å². The van der Waals surface area contributed by atoms with Crippen molar-refractivity contribution in [3.63, 3.8) is 0 Å². The van der Waals surface area contributed by atoms with E-state index in [2.05, 4.69) is 9.88 Å². The van der Waals surface area contributed by atoms with Crippen LogP contribution in [0.5, 0.6) is 11.5 Å². The molecule has 0 atom stereocenters. The third kappa shape index (κ3) is 6.43. The van der Waals surface area contributed by atoms with Crippen molar-refractivity contribution in [3.05, 3.63) is 47.2 Å². The molecule has 2 aromatic carbocycles. The lowest BCUT2D eigenvalue weighted by Gasteiger charge is -2.21. The highest BCUT2D eigenvalue weighted by Gasteiger charge is 2.22. The molecule has 6 nitrogen and oxygen atoms in total. The minimum atomic E-state index is -0.362. The molecule has 0 N–H and O–H groups in total. The van der Waals surface area contributed by atoms with Gasteiger partial charge < -0.3 is 14.4 Å². The van der Waals surface area contributed by atoms with Crippen LogP contribution in [0, 0.1) is 5.82 Å². The summed E-state index contributed by atoms with van der Waals surface area (Å²) in [6, 6.07) is 9.06. The van der Waals surface area contributed by atoms with E-state index in [0.29, 0.717) is 33.7 Å². The number of carbonyl (C=O) groups excluding carboxylic acids is 1. The second-order valence-electron chi connectivity index (χ2n) is 6.87. The number of ether oxygens (including phenoxy) is 2. The van der Waals surface area contributed by atoms with Crippen LogP contribution in [0.2, 0.25) is 5.02 Å². The monoisotopic (exact) mass is 487 g/mol. The SMILES string of the molecule is COc1ccc(Cl)c2sc(N(CCCN(C)C)C(=O)COc3ccc(F)cc3)nc12.Cl. The summed E-state index contributed by atoms with van der Waals surface area (Å²) in [5, 5.41) is 1.08. The van der Waals surface area contributed by atoms with E-state index in [1.54, 1.807) is 24.1 Å². The average Bonchev–Trinajstić information content (AvgIpc) is 3.16. The number of anilines is 1. The van der Waals surface area contributed by atoms with Gasteiger partial charge in [-0.15, -0.1) is 12.4 Å². The van der Waals surface area contributed by atoms with Gasteiger partial charge in [0.2, 0.25) is 0 Å². The van der Waals surface area contributed by atoms with Crippen LogP contribution in [0.25, 0.3) is 10.2 Å². The van der Waals surface area contributed by atoms with Gasteiger partial charge in [-0.05, 0) is 63.5 Å². The first-order valence-electron chi connectivity index (χ1n) is 9.35. The summed E-state index contributed by atoms with van der Waals surface area (Å²) < 4.78 is 24.8. The molecule has 0 radical (unpaired) electrons. The number of carbonyl (C=O) groups is 1. The molecule has 0 aliphatic carbocycles. The fourth-order valence-corrected chi connectivity index (χ4v) is 4.15. The maximum Gasteiger partial charge on any atom is 0.266 e. The molecule has 31 heavy (non-hydrogen) atoms. The molecular weight excluding hydrogens is 464 g/mol. The van der Waals surface area contributed by atoms with E-state index in [1.807, 2.05) is 14.1 Å². The normalized spacial score (nSPS) is 10.8. The molecule has 0 saturated heterocycles. The van der Waals surface area contributed by atoms with Gasteiger partial charge in [-0.2, -0.15) is 0 Å². The Bertz CT molecular complexity index is 1020. The van der Waals surface area contributed by atoms with Crippen molar-refractivity contribution in [2.24, 2.45) is 0 Å². The minimum Gasteiger partial charge on any atom is -0.494 e. The lowest BCUT2D eigenvalue weighted by Crippen LogP contribution is -2.36. The molecule has 0 fully saturated rings. The highest BCUT2D eigenvalue weighted by Crippen LogP contribution is 2.38. The van der Waals surface area contributed by atoms with Gasteiger partial charge in [-0.25, -0.2) is 9.37 Å². The van der Waals surface area contributed by atoms with Gasteiger partial charge in [0.05, 0.1) is 16.8 Å². The number of benzene rings is 2. The maximum absolute atomic E-state index is 13.1. The van der Waals surface area contributed by atoms with Crippen molar-refractivity contribution >= 4 is 56.6 Å². The average molecular weight is 488 g/mol. The Morgan fingerprint density at radius 3 is 2.52 bits per heavy atom. The number of rotatable bonds is 9. The molecule has 0 spiro atoms. The van der Waals surface area contributed by atoms with Gasteiger partial charge in [0, 0.05) is 6.54 Å². The summed E-state index contributed by atoms with van der Waals surface area (Å²) in [4.78, 5) is 21.3. The number of amides is 1. The fraction of sp³-hybridized carbons (Fsp3) is 0.333. The van der Waals surface area contributed by atoms with E-state index in [9.17, 15) is 9.18 Å². The molecule has 0 aliphatic heterocycles. The van der Waals surface area contributed by atoms with E-state index in [4.69, 9.17) is 21.1 Å². The Morgan fingerprint density at radius 2 is 1.87 bits per heavy atom. The first-order valence-corrected chi connectivity index (χ1v) is 10.5. The van der Waals surface area contributed by atoms with E-state index >= 15 is 0 Å². The van der Waals surface area contributed by atoms with Crippen LogP contribution >= 0.6 is 35.3 Å². The summed E-state index contributed by atoms with van der Waals surface area (Å²) in [5.41, 5.74) is 0.620. The Kier molecular flexibility index (Phi) is 9.31. The summed E-state index contributed by atoms with van der Waals surface area (Å²) >= 11 is 7.67. The van der Waals surface area contributed by atoms with Crippen molar-refractivity contribution in [3.8, 4) is 11.5 Å². The van der Waals surface area contributed by atoms with Gasteiger partial charge in [-0.1, -0.05) is 22.9 Å². The molecular formula is C21H24Cl2FN3O3S. The lowest BCUT2D eigenvalue weighted by molar-refractivity contribution is -0.120. The van der Waals surface area contributed by atoms with Crippen LogP contribution in [-0.2, 0) is 4.79 Å². The Hall–Kier alpha value is -2.13. The van der Waals surface area contributed by atoms with Crippen molar-refractivity contribution in [2.75, 3.05) is 45.8 Å². The number of nitrogens with zero attached hydrogens (tertiary/aromatic N) is 3. The number of hydrogen-bond acceptors (Lipinski definition) is 6. The Balaban J connectivity index is 0.00000341. The number of fused-ring (bicyclic) bond motifs is 1. The predicted molar refractivity (Wildman–Crippen MR) is 126 cm³/mol. The topological polar surface area (TPSA) is 54.9 Å². The molecule has 0 aliphatic rings. The summed E-state index contributed by atoms with van der Waals surface area (Å²) in [7, 11) is 5.52. The summed E-state index contributed by atoms with van der Waals surface area (Å²) in [6.07, 6.45) is 0.760. The van der Waals surface area contributed by atoms with Gasteiger partial charge in [-0.3, -0.25) is 9.69 Å². The molecule has 0 saturated carbocycles. The van der Waals surface area contributed by atoms with Gasteiger partial charge in [0.15, 0.2) is 11.7 Å². The molecule has 1 amide bonds. The smallest absolute Gasteiger partial charge is 0.266 e. The van der Waals surface area contributed by atoms with E-state index in [1.165, 1.54) is 35.6 Å². The molecule has 0 bridgehead atoms. The largest absolute Gasteiger partial charge is 0.494 e. The zero-order valence-corrected chi connectivity index (χ0v) is 19.8. The maximum atomic E-state index is 13.1. The number of methoxy groups -OCH3 is 1. The van der Waals surface area contributed by atoms with Crippen LogP contribution in [0.1, 0.15) is 6.42 Å². The van der Waals surface area contributed by atoms with E-state index in [0.717, 1.165) is 17.7 Å². The molecule has 0 unspecified atom stereocenters. The van der Waals surface area contributed by atoms with Crippen LogP contribution < -0.4 is 14.4 Å². The van der Waals surface area contributed by atoms with Crippen LogP contribution in [0.15, 0.2) is 36.4 Å². The van der Waals surface area contributed by atoms with Gasteiger partial charge in [0.25, 0.3) is 5.91 Å². The second kappa shape index (κ2) is 11.5. The Morgan fingerprint density at radius 1 is 1.16 bits per heavy atom. The quantitative estimate of drug-likeness (QED) is 0.430. The summed E-state index contributed by atoms with van der Waals surface area (Å²) in [6.45, 7) is 1.11. The third-order valence-electron chi connectivity index (χ3n) is 4.36. The fourth-order valence-electron chi connectivity index (χ4n) is 2.85. The highest BCUT2D eigenvalue weighted by atomic mass is 35.5. The second-order valence-corrected chi connectivity index (χ2v) is 8.25. The number of hydrogen-bond donors (Lipinski definition) is 0. The molecule has 1 heterocycles. The van der Waals surface area contributed by atoms with Crippen molar-refractivity contribution in [1.29, 1.82) is 0 Å². The van der Waals surface area contributed by atoms with Crippen LogP contribution in [-0.4, -0.2) is 56.7 Å². The summed E-state index contributed by atoms with van der Waals surface area (Å²) in [5.74, 6) is 0.415. The first kappa shape index (κ1) is 25.1. The number of halogens is 3. The zero-order valence-electron chi connectivity index (χ0n) is 17.4. The van der Waals surface area contributed by atoms with E-state index in [-0.39, 0.29) is 30.7 Å². The highest BCUT2D eigenvalue weighted by molar-refractivity contribution is 7.23. The van der Waals surface area contributed by atoms with Crippen LogP contribution in [0.3, 0.4) is 0 Å². The molecule has 3 aromatic rings. The van der Waals surface area contributed by atoms with Gasteiger partial charge in [0.1, 0.15) is 22.8 Å². The number of thiazole rings is 1. The standard InChI is InChI=1S/C21H23ClFN3O3S.ClH/c1-25(2)11-4-12-26(18(27)13-29-15-7-5-14(23)6-8-15)21-24-19-17(28-3)10-9-16(22)20(19)30-21;/h5-10H,4,11-13H2,1-3H3;1H.